The predicted octanol–water partition coefficient (Wildman–Crippen LogP) is 4.63. The zero-order valence-electron chi connectivity index (χ0n) is 16.1. The van der Waals surface area contributed by atoms with E-state index in [-0.39, 0.29) is 12.5 Å². The largest absolute Gasteiger partial charge is 0.497 e. The number of carbonyl (C=O) groups excluding carboxylic acids is 1. The Labute approximate surface area is 165 Å². The van der Waals surface area contributed by atoms with E-state index in [4.69, 9.17) is 9.47 Å². The molecule has 0 radical (unpaired) electrons. The van der Waals surface area contributed by atoms with Crippen LogP contribution in [0.2, 0.25) is 0 Å². The number of rotatable bonds is 8. The molecule has 0 spiro atoms. The predicted molar refractivity (Wildman–Crippen MR) is 112 cm³/mol. The summed E-state index contributed by atoms with van der Waals surface area (Å²) in [5, 5.41) is 6.19. The van der Waals surface area contributed by atoms with Crippen LogP contribution in [0.1, 0.15) is 11.1 Å². The molecule has 0 bridgehead atoms. The molecule has 0 aliphatic carbocycles. The second kappa shape index (κ2) is 9.46. The fourth-order valence-corrected chi connectivity index (χ4v) is 2.67. The highest BCUT2D eigenvalue weighted by Gasteiger charge is 2.07. The van der Waals surface area contributed by atoms with Crippen LogP contribution in [-0.2, 0) is 11.3 Å². The highest BCUT2D eigenvalue weighted by molar-refractivity contribution is 5.91. The zero-order valence-corrected chi connectivity index (χ0v) is 16.1. The number of amides is 1. The van der Waals surface area contributed by atoms with E-state index in [1.165, 1.54) is 0 Å². The van der Waals surface area contributed by atoms with E-state index in [1.807, 2.05) is 79.7 Å². The topological polar surface area (TPSA) is 59.6 Å². The molecule has 3 aromatic rings. The van der Waals surface area contributed by atoms with Gasteiger partial charge in [-0.15, -0.1) is 0 Å². The van der Waals surface area contributed by atoms with Gasteiger partial charge in [-0.05, 0) is 49.4 Å². The van der Waals surface area contributed by atoms with Crippen molar-refractivity contribution >= 4 is 17.3 Å². The number of benzene rings is 3. The molecular formula is C23H24N2O3. The summed E-state index contributed by atoms with van der Waals surface area (Å²) in [6, 6.07) is 23.1. The second-order valence-electron chi connectivity index (χ2n) is 6.39. The molecule has 0 saturated carbocycles. The van der Waals surface area contributed by atoms with Crippen LogP contribution in [0.15, 0.2) is 72.8 Å². The van der Waals surface area contributed by atoms with E-state index >= 15 is 0 Å². The Morgan fingerprint density at radius 1 is 0.893 bits per heavy atom. The molecule has 144 valence electrons. The van der Waals surface area contributed by atoms with Gasteiger partial charge in [0.15, 0.2) is 6.61 Å². The van der Waals surface area contributed by atoms with Crippen LogP contribution in [0.5, 0.6) is 11.5 Å². The van der Waals surface area contributed by atoms with Crippen molar-refractivity contribution in [1.82, 2.24) is 0 Å². The molecule has 0 aliphatic heterocycles. The summed E-state index contributed by atoms with van der Waals surface area (Å²) in [4.78, 5) is 12.2. The Hall–Kier alpha value is -3.47. The van der Waals surface area contributed by atoms with Gasteiger partial charge in [0.05, 0.1) is 7.11 Å². The smallest absolute Gasteiger partial charge is 0.262 e. The van der Waals surface area contributed by atoms with Gasteiger partial charge in [0.1, 0.15) is 11.5 Å². The Bertz CT molecular complexity index is 906. The number of aryl methyl sites for hydroxylation is 1. The van der Waals surface area contributed by atoms with Crippen molar-refractivity contribution in [2.24, 2.45) is 0 Å². The second-order valence-corrected chi connectivity index (χ2v) is 6.39. The van der Waals surface area contributed by atoms with Crippen LogP contribution < -0.4 is 20.1 Å². The molecule has 0 unspecified atom stereocenters. The molecule has 0 saturated heterocycles. The number of ether oxygens (including phenoxy) is 2. The number of hydrogen-bond donors (Lipinski definition) is 2. The first-order valence-electron chi connectivity index (χ1n) is 9.09. The number of carbonyl (C=O) groups is 1. The summed E-state index contributed by atoms with van der Waals surface area (Å²) in [5.74, 6) is 1.30. The van der Waals surface area contributed by atoms with Gasteiger partial charge in [-0.25, -0.2) is 0 Å². The summed E-state index contributed by atoms with van der Waals surface area (Å²) in [5.41, 5.74) is 3.86. The number of nitrogens with one attached hydrogen (secondary N) is 2. The van der Waals surface area contributed by atoms with E-state index in [2.05, 4.69) is 10.6 Å². The molecule has 0 heterocycles. The first kappa shape index (κ1) is 19.3. The summed E-state index contributed by atoms with van der Waals surface area (Å²) in [6.45, 7) is 2.54. The molecular weight excluding hydrogens is 352 g/mol. The van der Waals surface area contributed by atoms with Gasteiger partial charge in [-0.2, -0.15) is 0 Å². The third-order valence-corrected chi connectivity index (χ3v) is 4.24. The molecule has 1 amide bonds. The van der Waals surface area contributed by atoms with E-state index in [1.54, 1.807) is 7.11 Å². The molecule has 0 fully saturated rings. The summed E-state index contributed by atoms with van der Waals surface area (Å²) < 4.78 is 10.9. The SMILES string of the molecule is COc1ccc(NCc2ccccc2OCC(=O)Nc2ccc(C)cc2)cc1. The molecule has 0 atom stereocenters. The fraction of sp³-hybridized carbons (Fsp3) is 0.174. The first-order chi connectivity index (χ1) is 13.6. The number of para-hydroxylation sites is 1. The van der Waals surface area contributed by atoms with Gasteiger partial charge in [-0.3, -0.25) is 4.79 Å². The minimum Gasteiger partial charge on any atom is -0.497 e. The summed E-state index contributed by atoms with van der Waals surface area (Å²) in [7, 11) is 1.64. The molecule has 5 heteroatoms. The lowest BCUT2D eigenvalue weighted by Crippen LogP contribution is -2.20. The maximum absolute atomic E-state index is 12.2. The maximum atomic E-state index is 12.2. The molecule has 3 aromatic carbocycles. The van der Waals surface area contributed by atoms with Crippen molar-refractivity contribution < 1.29 is 14.3 Å². The normalized spacial score (nSPS) is 10.2. The van der Waals surface area contributed by atoms with Crippen LogP contribution >= 0.6 is 0 Å². The minimum absolute atomic E-state index is 0.0482. The third-order valence-electron chi connectivity index (χ3n) is 4.24. The molecule has 0 aliphatic rings. The van der Waals surface area contributed by atoms with Crippen LogP contribution in [0, 0.1) is 6.92 Å². The zero-order chi connectivity index (χ0) is 19.8. The van der Waals surface area contributed by atoms with Gasteiger partial charge >= 0.3 is 0 Å². The average molecular weight is 376 g/mol. The summed E-state index contributed by atoms with van der Waals surface area (Å²) >= 11 is 0. The minimum atomic E-state index is -0.193. The monoisotopic (exact) mass is 376 g/mol. The average Bonchev–Trinajstić information content (AvgIpc) is 2.73. The van der Waals surface area contributed by atoms with Crippen molar-refractivity contribution in [2.75, 3.05) is 24.4 Å². The van der Waals surface area contributed by atoms with Gasteiger partial charge in [0, 0.05) is 23.5 Å². The quantitative estimate of drug-likeness (QED) is 0.602. The van der Waals surface area contributed by atoms with Crippen molar-refractivity contribution in [3.8, 4) is 11.5 Å². The van der Waals surface area contributed by atoms with E-state index in [0.29, 0.717) is 12.3 Å². The van der Waals surface area contributed by atoms with Crippen molar-refractivity contribution in [2.45, 2.75) is 13.5 Å². The maximum Gasteiger partial charge on any atom is 0.262 e. The van der Waals surface area contributed by atoms with E-state index in [0.717, 1.165) is 28.3 Å². The van der Waals surface area contributed by atoms with Crippen LogP contribution in [0.4, 0.5) is 11.4 Å². The van der Waals surface area contributed by atoms with Gasteiger partial charge in [0.25, 0.3) is 5.91 Å². The van der Waals surface area contributed by atoms with Crippen LogP contribution in [-0.4, -0.2) is 19.6 Å². The van der Waals surface area contributed by atoms with Crippen LogP contribution in [0.3, 0.4) is 0 Å². The molecule has 3 rings (SSSR count). The number of anilines is 2. The summed E-state index contributed by atoms with van der Waals surface area (Å²) in [6.07, 6.45) is 0. The van der Waals surface area contributed by atoms with Gasteiger partial charge < -0.3 is 20.1 Å². The van der Waals surface area contributed by atoms with Crippen molar-refractivity contribution in [3.05, 3.63) is 83.9 Å². The number of hydrogen-bond acceptors (Lipinski definition) is 4. The number of methoxy groups -OCH3 is 1. The highest BCUT2D eigenvalue weighted by atomic mass is 16.5. The van der Waals surface area contributed by atoms with Gasteiger partial charge in [-0.1, -0.05) is 35.9 Å². The standard InChI is InChI=1S/C23H24N2O3/c1-17-7-9-20(10-8-17)25-23(26)16-28-22-6-4-3-5-18(22)15-24-19-11-13-21(27-2)14-12-19/h3-14,24H,15-16H2,1-2H3,(H,25,26). The Kier molecular flexibility index (Phi) is 6.52. The van der Waals surface area contributed by atoms with Gasteiger partial charge in [0.2, 0.25) is 0 Å². The molecule has 5 nitrogen and oxygen atoms in total. The van der Waals surface area contributed by atoms with E-state index < -0.39 is 0 Å². The van der Waals surface area contributed by atoms with Crippen molar-refractivity contribution in [3.63, 3.8) is 0 Å². The lowest BCUT2D eigenvalue weighted by atomic mass is 10.2. The van der Waals surface area contributed by atoms with Crippen molar-refractivity contribution in [1.29, 1.82) is 0 Å². The highest BCUT2D eigenvalue weighted by Crippen LogP contribution is 2.21. The molecule has 28 heavy (non-hydrogen) atoms. The Morgan fingerprint density at radius 3 is 2.29 bits per heavy atom. The first-order valence-corrected chi connectivity index (χ1v) is 9.09. The Balaban J connectivity index is 1.55. The lowest BCUT2D eigenvalue weighted by molar-refractivity contribution is -0.118. The molecule has 0 aromatic heterocycles. The van der Waals surface area contributed by atoms with E-state index in [9.17, 15) is 4.79 Å². The lowest BCUT2D eigenvalue weighted by Gasteiger charge is -2.13. The van der Waals surface area contributed by atoms with Crippen LogP contribution in [0.25, 0.3) is 0 Å². The fourth-order valence-electron chi connectivity index (χ4n) is 2.67. The Morgan fingerprint density at radius 2 is 1.57 bits per heavy atom. The third kappa shape index (κ3) is 5.51. The molecule has 2 N–H and O–H groups in total.